The van der Waals surface area contributed by atoms with Gasteiger partial charge in [0.25, 0.3) is 5.91 Å². The molecule has 0 fully saturated rings. The lowest BCUT2D eigenvalue weighted by Gasteiger charge is -2.17. The first-order chi connectivity index (χ1) is 9.76. The summed E-state index contributed by atoms with van der Waals surface area (Å²) in [6.07, 6.45) is -1.78. The van der Waals surface area contributed by atoms with Crippen LogP contribution in [-0.4, -0.2) is 40.4 Å². The number of alkyl halides is 3. The van der Waals surface area contributed by atoms with E-state index in [9.17, 15) is 18.0 Å². The van der Waals surface area contributed by atoms with Gasteiger partial charge in [0.15, 0.2) is 0 Å². The Morgan fingerprint density at radius 3 is 2.52 bits per heavy atom. The molecule has 1 heterocycles. The molecule has 0 aliphatic heterocycles. The number of carbonyl (C=O) groups excluding carboxylic acids is 1. The van der Waals surface area contributed by atoms with Gasteiger partial charge in [0.05, 0.1) is 17.4 Å². The highest BCUT2D eigenvalue weighted by Crippen LogP contribution is 2.18. The topological polar surface area (TPSA) is 38.1 Å². The van der Waals surface area contributed by atoms with Crippen molar-refractivity contribution in [3.63, 3.8) is 0 Å². The van der Waals surface area contributed by atoms with Gasteiger partial charge in [-0.15, -0.1) is 0 Å². The Balaban J connectivity index is 2.16. The molecule has 2 aromatic rings. The van der Waals surface area contributed by atoms with Crippen LogP contribution in [0.15, 0.2) is 41.1 Å². The first-order valence-electron chi connectivity index (χ1n) is 5.89. The standard InChI is InChI=1S/C13H11BrF3N3O/c1-19(8-13(15,16)17)12(21)9-6-18-20(7-9)11-4-2-10(14)3-5-11/h2-7H,8H2,1H3. The van der Waals surface area contributed by atoms with Crippen molar-refractivity contribution in [3.05, 3.63) is 46.7 Å². The van der Waals surface area contributed by atoms with Gasteiger partial charge in [0, 0.05) is 17.7 Å². The van der Waals surface area contributed by atoms with Crippen molar-refractivity contribution in [2.75, 3.05) is 13.6 Å². The average Bonchev–Trinajstić information content (AvgIpc) is 2.86. The zero-order chi connectivity index (χ0) is 15.6. The maximum absolute atomic E-state index is 12.3. The summed E-state index contributed by atoms with van der Waals surface area (Å²) in [5, 5.41) is 3.99. The molecule has 0 N–H and O–H groups in total. The van der Waals surface area contributed by atoms with E-state index in [-0.39, 0.29) is 5.56 Å². The monoisotopic (exact) mass is 361 g/mol. The van der Waals surface area contributed by atoms with Crippen LogP contribution in [0, 0.1) is 0 Å². The van der Waals surface area contributed by atoms with Gasteiger partial charge in [-0.05, 0) is 24.3 Å². The summed E-state index contributed by atoms with van der Waals surface area (Å²) in [5.74, 6) is -0.726. The zero-order valence-electron chi connectivity index (χ0n) is 10.9. The Morgan fingerprint density at radius 1 is 1.33 bits per heavy atom. The molecule has 1 aromatic carbocycles. The molecule has 0 saturated heterocycles. The van der Waals surface area contributed by atoms with Crippen molar-refractivity contribution in [1.29, 1.82) is 0 Å². The molecular formula is C13H11BrF3N3O. The van der Waals surface area contributed by atoms with Gasteiger partial charge in [-0.3, -0.25) is 4.79 Å². The predicted molar refractivity (Wildman–Crippen MR) is 74.3 cm³/mol. The molecule has 8 heteroatoms. The number of amides is 1. The van der Waals surface area contributed by atoms with E-state index in [1.807, 2.05) is 0 Å². The molecule has 1 amide bonds. The smallest absolute Gasteiger partial charge is 0.333 e. The third-order valence-corrected chi connectivity index (χ3v) is 3.21. The lowest BCUT2D eigenvalue weighted by atomic mass is 10.3. The van der Waals surface area contributed by atoms with Gasteiger partial charge in [0.1, 0.15) is 6.54 Å². The minimum Gasteiger partial charge on any atom is -0.333 e. The van der Waals surface area contributed by atoms with Crippen molar-refractivity contribution in [1.82, 2.24) is 14.7 Å². The van der Waals surface area contributed by atoms with Crippen LogP contribution in [0.25, 0.3) is 5.69 Å². The predicted octanol–water partition coefficient (Wildman–Crippen LogP) is 3.27. The molecule has 1 aromatic heterocycles. The molecule has 0 aliphatic rings. The summed E-state index contributed by atoms with van der Waals surface area (Å²) < 4.78 is 39.1. The minimum atomic E-state index is -4.42. The van der Waals surface area contributed by atoms with Crippen LogP contribution >= 0.6 is 15.9 Å². The van der Waals surface area contributed by atoms with Gasteiger partial charge in [0.2, 0.25) is 0 Å². The largest absolute Gasteiger partial charge is 0.406 e. The van der Waals surface area contributed by atoms with Crippen LogP contribution in [0.3, 0.4) is 0 Å². The maximum Gasteiger partial charge on any atom is 0.406 e. The summed E-state index contributed by atoms with van der Waals surface area (Å²) in [7, 11) is 1.10. The lowest BCUT2D eigenvalue weighted by Crippen LogP contribution is -2.35. The molecule has 0 bridgehead atoms. The zero-order valence-corrected chi connectivity index (χ0v) is 12.5. The molecule has 4 nitrogen and oxygen atoms in total. The Kier molecular flexibility index (Phi) is 4.36. The first-order valence-corrected chi connectivity index (χ1v) is 6.68. The normalized spacial score (nSPS) is 11.5. The third-order valence-electron chi connectivity index (χ3n) is 2.68. The van der Waals surface area contributed by atoms with E-state index in [2.05, 4.69) is 21.0 Å². The molecule has 0 saturated carbocycles. The summed E-state index contributed by atoms with van der Waals surface area (Å²) in [5.41, 5.74) is 0.806. The van der Waals surface area contributed by atoms with Gasteiger partial charge < -0.3 is 4.90 Å². The van der Waals surface area contributed by atoms with Crippen LogP contribution in [0.4, 0.5) is 13.2 Å². The second kappa shape index (κ2) is 5.88. The molecule has 0 atom stereocenters. The molecule has 112 valence electrons. The average molecular weight is 362 g/mol. The second-order valence-electron chi connectivity index (χ2n) is 4.43. The molecule has 21 heavy (non-hydrogen) atoms. The van der Waals surface area contributed by atoms with E-state index >= 15 is 0 Å². The summed E-state index contributed by atoms with van der Waals surface area (Å²) in [4.78, 5) is 12.5. The highest BCUT2D eigenvalue weighted by molar-refractivity contribution is 9.10. The maximum atomic E-state index is 12.3. The molecule has 0 aliphatic carbocycles. The van der Waals surface area contributed by atoms with E-state index < -0.39 is 18.6 Å². The fraction of sp³-hybridized carbons (Fsp3) is 0.231. The van der Waals surface area contributed by atoms with Crippen molar-refractivity contribution in [2.24, 2.45) is 0 Å². The number of rotatable bonds is 3. The lowest BCUT2D eigenvalue weighted by molar-refractivity contribution is -0.138. The second-order valence-corrected chi connectivity index (χ2v) is 5.34. The molecule has 0 radical (unpaired) electrons. The summed E-state index contributed by atoms with van der Waals surface area (Å²) in [6.45, 7) is -1.30. The van der Waals surface area contributed by atoms with Gasteiger partial charge in [-0.2, -0.15) is 18.3 Å². The van der Waals surface area contributed by atoms with Crippen LogP contribution in [0.1, 0.15) is 10.4 Å². The van der Waals surface area contributed by atoms with Crippen LogP contribution < -0.4 is 0 Å². The number of carbonyl (C=O) groups is 1. The Hall–Kier alpha value is -1.83. The van der Waals surface area contributed by atoms with Crippen LogP contribution in [0.5, 0.6) is 0 Å². The number of hydrogen-bond donors (Lipinski definition) is 0. The fourth-order valence-corrected chi connectivity index (χ4v) is 1.99. The third kappa shape index (κ3) is 4.07. The number of nitrogens with zero attached hydrogens (tertiary/aromatic N) is 3. The van der Waals surface area contributed by atoms with Crippen molar-refractivity contribution in [3.8, 4) is 5.69 Å². The Labute approximate surface area is 127 Å². The van der Waals surface area contributed by atoms with Crippen LogP contribution in [0.2, 0.25) is 0 Å². The quantitative estimate of drug-likeness (QED) is 0.841. The van der Waals surface area contributed by atoms with E-state index in [1.54, 1.807) is 24.3 Å². The number of hydrogen-bond acceptors (Lipinski definition) is 2. The fourth-order valence-electron chi connectivity index (χ4n) is 1.73. The number of benzene rings is 1. The van der Waals surface area contributed by atoms with Gasteiger partial charge >= 0.3 is 6.18 Å². The van der Waals surface area contributed by atoms with Crippen molar-refractivity contribution in [2.45, 2.75) is 6.18 Å². The molecule has 0 unspecified atom stereocenters. The molecule has 2 rings (SSSR count). The van der Waals surface area contributed by atoms with E-state index in [4.69, 9.17) is 0 Å². The highest BCUT2D eigenvalue weighted by Gasteiger charge is 2.31. The van der Waals surface area contributed by atoms with Crippen LogP contribution in [-0.2, 0) is 0 Å². The van der Waals surface area contributed by atoms with Gasteiger partial charge in [-0.1, -0.05) is 15.9 Å². The number of aromatic nitrogens is 2. The Bertz CT molecular complexity index is 637. The minimum absolute atomic E-state index is 0.102. The first kappa shape index (κ1) is 15.6. The summed E-state index contributed by atoms with van der Waals surface area (Å²) in [6, 6.07) is 7.14. The highest BCUT2D eigenvalue weighted by atomic mass is 79.9. The van der Waals surface area contributed by atoms with Crippen molar-refractivity contribution < 1.29 is 18.0 Å². The van der Waals surface area contributed by atoms with E-state index in [0.29, 0.717) is 10.6 Å². The number of halogens is 4. The van der Waals surface area contributed by atoms with Crippen molar-refractivity contribution >= 4 is 21.8 Å². The van der Waals surface area contributed by atoms with E-state index in [0.717, 1.165) is 11.5 Å². The Morgan fingerprint density at radius 2 is 1.95 bits per heavy atom. The van der Waals surface area contributed by atoms with E-state index in [1.165, 1.54) is 17.1 Å². The van der Waals surface area contributed by atoms with Gasteiger partial charge in [-0.25, -0.2) is 4.68 Å². The SMILES string of the molecule is CN(CC(F)(F)F)C(=O)c1cnn(-c2ccc(Br)cc2)c1. The molecular weight excluding hydrogens is 351 g/mol. The summed E-state index contributed by atoms with van der Waals surface area (Å²) >= 11 is 3.30. The molecule has 0 spiro atoms.